The highest BCUT2D eigenvalue weighted by Crippen LogP contribution is 2.26. The predicted octanol–water partition coefficient (Wildman–Crippen LogP) is 3.20. The van der Waals surface area contributed by atoms with Crippen molar-refractivity contribution in [2.45, 2.75) is 6.54 Å². The largest absolute Gasteiger partial charge is 0.409 e. The summed E-state index contributed by atoms with van der Waals surface area (Å²) >= 11 is 9.40. The lowest BCUT2D eigenvalue weighted by Crippen LogP contribution is -2.18. The average Bonchev–Trinajstić information content (AvgIpc) is 2.47. The third-order valence-corrected chi connectivity index (χ3v) is 3.57. The summed E-state index contributed by atoms with van der Waals surface area (Å²) in [5.41, 5.74) is 7.71. The summed E-state index contributed by atoms with van der Waals surface area (Å²) in [5, 5.41) is 15.6. The van der Waals surface area contributed by atoms with Crippen molar-refractivity contribution in [3.63, 3.8) is 0 Å². The summed E-state index contributed by atoms with van der Waals surface area (Å²) in [4.78, 5) is 4.11. The minimum absolute atomic E-state index is 0.0208. The molecule has 2 aromatic rings. The van der Waals surface area contributed by atoms with Crippen LogP contribution in [0.4, 0.5) is 5.69 Å². The SMILES string of the molecule is N/C(=N/O)c1ncccc1CNc1cc(Cl)ccc1Br. The number of hydrogen-bond acceptors (Lipinski definition) is 4. The minimum Gasteiger partial charge on any atom is -0.409 e. The van der Waals surface area contributed by atoms with Gasteiger partial charge in [0.25, 0.3) is 0 Å². The van der Waals surface area contributed by atoms with Crippen molar-refractivity contribution >= 4 is 39.1 Å². The Hall–Kier alpha value is -1.79. The minimum atomic E-state index is -0.0208. The topological polar surface area (TPSA) is 83.5 Å². The molecule has 20 heavy (non-hydrogen) atoms. The summed E-state index contributed by atoms with van der Waals surface area (Å²) in [6, 6.07) is 9.11. The molecule has 4 N–H and O–H groups in total. The number of rotatable bonds is 4. The van der Waals surface area contributed by atoms with Crippen LogP contribution in [0, 0.1) is 0 Å². The number of amidine groups is 1. The first kappa shape index (κ1) is 14.6. The monoisotopic (exact) mass is 354 g/mol. The number of anilines is 1. The van der Waals surface area contributed by atoms with Crippen LogP contribution in [0.25, 0.3) is 0 Å². The van der Waals surface area contributed by atoms with Crippen molar-refractivity contribution in [3.05, 3.63) is 57.3 Å². The number of halogens is 2. The molecule has 0 saturated heterocycles. The molecule has 2 rings (SSSR count). The molecule has 5 nitrogen and oxygen atoms in total. The first-order valence-corrected chi connectivity index (χ1v) is 6.89. The quantitative estimate of drug-likeness (QED) is 0.340. The Morgan fingerprint density at radius 2 is 2.25 bits per heavy atom. The van der Waals surface area contributed by atoms with Crippen molar-refractivity contribution in [3.8, 4) is 0 Å². The van der Waals surface area contributed by atoms with Gasteiger partial charge in [-0.1, -0.05) is 22.8 Å². The second-order valence-electron chi connectivity index (χ2n) is 3.97. The fourth-order valence-corrected chi connectivity index (χ4v) is 2.24. The van der Waals surface area contributed by atoms with E-state index in [0.29, 0.717) is 17.3 Å². The van der Waals surface area contributed by atoms with E-state index in [2.05, 4.69) is 31.4 Å². The third-order valence-electron chi connectivity index (χ3n) is 2.64. The molecule has 0 unspecified atom stereocenters. The van der Waals surface area contributed by atoms with Crippen LogP contribution in [-0.2, 0) is 6.54 Å². The summed E-state index contributed by atoms with van der Waals surface area (Å²) < 4.78 is 0.899. The van der Waals surface area contributed by atoms with Gasteiger partial charge in [-0.25, -0.2) is 0 Å². The molecule has 104 valence electrons. The number of aromatic nitrogens is 1. The van der Waals surface area contributed by atoms with Crippen molar-refractivity contribution < 1.29 is 5.21 Å². The van der Waals surface area contributed by atoms with E-state index >= 15 is 0 Å². The van der Waals surface area contributed by atoms with Crippen molar-refractivity contribution in [1.29, 1.82) is 0 Å². The maximum absolute atomic E-state index is 8.76. The number of pyridine rings is 1. The number of benzene rings is 1. The van der Waals surface area contributed by atoms with Crippen LogP contribution in [0.1, 0.15) is 11.3 Å². The summed E-state index contributed by atoms with van der Waals surface area (Å²) in [6.07, 6.45) is 1.59. The number of nitrogens with one attached hydrogen (secondary N) is 1. The van der Waals surface area contributed by atoms with E-state index in [0.717, 1.165) is 15.7 Å². The second-order valence-corrected chi connectivity index (χ2v) is 5.26. The Bertz CT molecular complexity index is 648. The molecular formula is C13H12BrClN4O. The van der Waals surface area contributed by atoms with Gasteiger partial charge >= 0.3 is 0 Å². The van der Waals surface area contributed by atoms with E-state index in [4.69, 9.17) is 22.5 Å². The van der Waals surface area contributed by atoms with Crippen LogP contribution in [0.5, 0.6) is 0 Å². The van der Waals surface area contributed by atoms with E-state index in [1.807, 2.05) is 18.2 Å². The number of oxime groups is 1. The van der Waals surface area contributed by atoms with Gasteiger partial charge in [0.2, 0.25) is 0 Å². The second kappa shape index (κ2) is 6.58. The van der Waals surface area contributed by atoms with E-state index in [1.165, 1.54) is 0 Å². The zero-order chi connectivity index (χ0) is 14.5. The number of hydrogen-bond donors (Lipinski definition) is 3. The standard InChI is InChI=1S/C13H12BrClN4O/c14-10-4-3-9(15)6-11(10)18-7-8-2-1-5-17-12(8)13(16)19-20/h1-6,18,20H,7H2,(H2,16,19). The van der Waals surface area contributed by atoms with Gasteiger partial charge in [0, 0.05) is 27.8 Å². The molecule has 1 heterocycles. The fraction of sp³-hybridized carbons (Fsp3) is 0.0769. The zero-order valence-electron chi connectivity index (χ0n) is 10.3. The van der Waals surface area contributed by atoms with Crippen LogP contribution in [0.15, 0.2) is 46.2 Å². The highest BCUT2D eigenvalue weighted by atomic mass is 79.9. The molecule has 1 aromatic heterocycles. The Labute approximate surface area is 129 Å². The molecule has 0 aliphatic heterocycles. The fourth-order valence-electron chi connectivity index (χ4n) is 1.68. The first-order chi connectivity index (χ1) is 9.61. The zero-order valence-corrected chi connectivity index (χ0v) is 12.7. The number of nitrogens with zero attached hydrogens (tertiary/aromatic N) is 2. The van der Waals surface area contributed by atoms with Crippen molar-refractivity contribution in [2.24, 2.45) is 10.9 Å². The van der Waals surface area contributed by atoms with E-state index in [9.17, 15) is 0 Å². The lowest BCUT2D eigenvalue weighted by Gasteiger charge is -2.11. The first-order valence-electron chi connectivity index (χ1n) is 5.72. The molecule has 1 aromatic carbocycles. The van der Waals surface area contributed by atoms with Gasteiger partial charge in [0.05, 0.1) is 5.69 Å². The summed E-state index contributed by atoms with van der Waals surface area (Å²) in [6.45, 7) is 0.471. The highest BCUT2D eigenvalue weighted by Gasteiger charge is 2.08. The molecule has 0 aliphatic rings. The smallest absolute Gasteiger partial charge is 0.189 e. The molecule has 0 fully saturated rings. The lowest BCUT2D eigenvalue weighted by atomic mass is 10.1. The Kier molecular flexibility index (Phi) is 4.81. The molecular weight excluding hydrogens is 344 g/mol. The molecule has 0 spiro atoms. The predicted molar refractivity (Wildman–Crippen MR) is 83.2 cm³/mol. The molecule has 7 heteroatoms. The van der Waals surface area contributed by atoms with Gasteiger partial charge in [-0.05, 0) is 40.2 Å². The lowest BCUT2D eigenvalue weighted by molar-refractivity contribution is 0.318. The molecule has 0 bridgehead atoms. The average molecular weight is 356 g/mol. The van der Waals surface area contributed by atoms with Crippen LogP contribution >= 0.6 is 27.5 Å². The maximum atomic E-state index is 8.76. The van der Waals surface area contributed by atoms with Gasteiger partial charge in [-0.3, -0.25) is 4.98 Å². The van der Waals surface area contributed by atoms with Crippen LogP contribution in [0.3, 0.4) is 0 Å². The normalized spacial score (nSPS) is 11.4. The molecule has 0 saturated carbocycles. The third kappa shape index (κ3) is 3.40. The van der Waals surface area contributed by atoms with E-state index < -0.39 is 0 Å². The molecule has 0 radical (unpaired) electrons. The van der Waals surface area contributed by atoms with Crippen LogP contribution < -0.4 is 11.1 Å². The summed E-state index contributed by atoms with van der Waals surface area (Å²) in [5.74, 6) is -0.0208. The molecule has 0 aliphatic carbocycles. The maximum Gasteiger partial charge on any atom is 0.189 e. The van der Waals surface area contributed by atoms with Crippen molar-refractivity contribution in [2.75, 3.05) is 5.32 Å². The Morgan fingerprint density at radius 3 is 3.00 bits per heavy atom. The van der Waals surface area contributed by atoms with Gasteiger partial charge in [0.1, 0.15) is 5.69 Å². The Balaban J connectivity index is 2.21. The van der Waals surface area contributed by atoms with Gasteiger partial charge in [0.15, 0.2) is 5.84 Å². The van der Waals surface area contributed by atoms with Gasteiger partial charge < -0.3 is 16.3 Å². The van der Waals surface area contributed by atoms with Crippen LogP contribution in [0.2, 0.25) is 5.02 Å². The summed E-state index contributed by atoms with van der Waals surface area (Å²) in [7, 11) is 0. The highest BCUT2D eigenvalue weighted by molar-refractivity contribution is 9.10. The molecule has 0 atom stereocenters. The van der Waals surface area contributed by atoms with E-state index in [-0.39, 0.29) is 5.84 Å². The number of nitrogens with two attached hydrogens (primary N) is 1. The van der Waals surface area contributed by atoms with E-state index in [1.54, 1.807) is 18.3 Å². The van der Waals surface area contributed by atoms with Gasteiger partial charge in [-0.15, -0.1) is 0 Å². The van der Waals surface area contributed by atoms with Gasteiger partial charge in [-0.2, -0.15) is 0 Å². The Morgan fingerprint density at radius 1 is 1.45 bits per heavy atom. The van der Waals surface area contributed by atoms with Crippen LogP contribution in [-0.4, -0.2) is 16.0 Å². The molecule has 0 amide bonds. The van der Waals surface area contributed by atoms with Crippen molar-refractivity contribution in [1.82, 2.24) is 4.98 Å².